The van der Waals surface area contributed by atoms with Gasteiger partial charge in [-0.1, -0.05) is 24.3 Å². The SMILES string of the molecule is C=CCc1cc(C=C(C#N)c2ccccc2F)cc(OCC)c1OCC. The van der Waals surface area contributed by atoms with Gasteiger partial charge in [0, 0.05) is 11.1 Å². The van der Waals surface area contributed by atoms with Gasteiger partial charge in [0.2, 0.25) is 0 Å². The highest BCUT2D eigenvalue weighted by Gasteiger charge is 2.14. The largest absolute Gasteiger partial charge is 0.490 e. The zero-order chi connectivity index (χ0) is 18.9. The molecule has 0 aliphatic rings. The second kappa shape index (κ2) is 9.43. The lowest BCUT2D eigenvalue weighted by Gasteiger charge is -2.16. The van der Waals surface area contributed by atoms with Crippen LogP contribution >= 0.6 is 0 Å². The zero-order valence-corrected chi connectivity index (χ0v) is 15.1. The van der Waals surface area contributed by atoms with Gasteiger partial charge in [-0.15, -0.1) is 6.58 Å². The lowest BCUT2D eigenvalue weighted by molar-refractivity contribution is 0.285. The number of benzene rings is 2. The highest BCUT2D eigenvalue weighted by atomic mass is 19.1. The lowest BCUT2D eigenvalue weighted by atomic mass is 10.0. The van der Waals surface area contributed by atoms with Gasteiger partial charge in [0.25, 0.3) is 0 Å². The number of allylic oxidation sites excluding steroid dienone is 2. The second-order valence-corrected chi connectivity index (χ2v) is 5.52. The van der Waals surface area contributed by atoms with E-state index < -0.39 is 5.82 Å². The number of rotatable bonds is 8. The van der Waals surface area contributed by atoms with Crippen LogP contribution < -0.4 is 9.47 Å². The van der Waals surface area contributed by atoms with Crippen LogP contribution in [-0.2, 0) is 6.42 Å². The van der Waals surface area contributed by atoms with Crippen LogP contribution in [0.1, 0.15) is 30.5 Å². The van der Waals surface area contributed by atoms with E-state index in [4.69, 9.17) is 9.47 Å². The molecule has 0 aliphatic carbocycles. The van der Waals surface area contributed by atoms with Crippen molar-refractivity contribution in [3.63, 3.8) is 0 Å². The molecule has 2 aromatic rings. The van der Waals surface area contributed by atoms with Gasteiger partial charge < -0.3 is 9.47 Å². The maximum Gasteiger partial charge on any atom is 0.164 e. The van der Waals surface area contributed by atoms with Gasteiger partial charge in [-0.3, -0.25) is 0 Å². The van der Waals surface area contributed by atoms with Crippen molar-refractivity contribution in [2.75, 3.05) is 13.2 Å². The van der Waals surface area contributed by atoms with Crippen LogP contribution in [-0.4, -0.2) is 13.2 Å². The molecule has 0 saturated heterocycles. The van der Waals surface area contributed by atoms with Crippen molar-refractivity contribution in [2.24, 2.45) is 0 Å². The molecule has 4 heteroatoms. The molecule has 0 amide bonds. The number of hydrogen-bond donors (Lipinski definition) is 0. The first-order chi connectivity index (χ1) is 12.6. The number of nitrogens with zero attached hydrogens (tertiary/aromatic N) is 1. The molecule has 134 valence electrons. The lowest BCUT2D eigenvalue weighted by Crippen LogP contribution is -2.02. The van der Waals surface area contributed by atoms with Gasteiger partial charge >= 0.3 is 0 Å². The standard InChI is InChI=1S/C22H22FNO2/c1-4-9-17-12-16(14-21(25-5-2)22(17)26-6-3)13-18(15-24)19-10-7-8-11-20(19)23/h4,7-8,10-14H,1,5-6,9H2,2-3H3. The number of hydrogen-bond acceptors (Lipinski definition) is 3. The third-order valence-electron chi connectivity index (χ3n) is 3.70. The summed E-state index contributed by atoms with van der Waals surface area (Å²) in [6, 6.07) is 12.0. The van der Waals surface area contributed by atoms with Crippen LogP contribution in [0, 0.1) is 17.1 Å². The predicted octanol–water partition coefficient (Wildman–Crippen LogP) is 5.42. The molecule has 0 spiro atoms. The first kappa shape index (κ1) is 19.3. The second-order valence-electron chi connectivity index (χ2n) is 5.52. The summed E-state index contributed by atoms with van der Waals surface area (Å²) in [5, 5.41) is 9.49. The molecular formula is C22H22FNO2. The molecule has 0 fully saturated rings. The minimum absolute atomic E-state index is 0.249. The van der Waals surface area contributed by atoms with E-state index in [2.05, 4.69) is 12.6 Å². The fraction of sp³-hybridized carbons (Fsp3) is 0.227. The third-order valence-corrected chi connectivity index (χ3v) is 3.70. The summed E-state index contributed by atoms with van der Waals surface area (Å²) < 4.78 is 25.5. The van der Waals surface area contributed by atoms with Gasteiger partial charge in [0.15, 0.2) is 11.5 Å². The summed E-state index contributed by atoms with van der Waals surface area (Å²) in [6.45, 7) is 8.59. The fourth-order valence-corrected chi connectivity index (χ4v) is 2.66. The maximum absolute atomic E-state index is 14.0. The molecule has 0 atom stereocenters. The van der Waals surface area contributed by atoms with E-state index in [1.807, 2.05) is 19.9 Å². The van der Waals surface area contributed by atoms with Crippen molar-refractivity contribution >= 4 is 11.6 Å². The van der Waals surface area contributed by atoms with Crippen LogP contribution in [0.25, 0.3) is 11.6 Å². The Kier molecular flexibility index (Phi) is 6.99. The molecule has 0 bridgehead atoms. The average Bonchev–Trinajstić information content (AvgIpc) is 2.63. The van der Waals surface area contributed by atoms with Gasteiger partial charge in [-0.2, -0.15) is 5.26 Å². The highest BCUT2D eigenvalue weighted by Crippen LogP contribution is 2.35. The van der Waals surface area contributed by atoms with E-state index >= 15 is 0 Å². The summed E-state index contributed by atoms with van der Waals surface area (Å²) in [7, 11) is 0. The van der Waals surface area contributed by atoms with Gasteiger partial charge in [0.05, 0.1) is 24.9 Å². The Balaban J connectivity index is 2.59. The molecule has 3 nitrogen and oxygen atoms in total. The van der Waals surface area contributed by atoms with Crippen LogP contribution in [0.15, 0.2) is 49.1 Å². The van der Waals surface area contributed by atoms with Crippen LogP contribution in [0.3, 0.4) is 0 Å². The third kappa shape index (κ3) is 4.52. The van der Waals surface area contributed by atoms with Crippen LogP contribution in [0.4, 0.5) is 4.39 Å². The first-order valence-corrected chi connectivity index (χ1v) is 8.54. The molecule has 2 rings (SSSR count). The molecule has 0 heterocycles. The Bertz CT molecular complexity index is 850. The topological polar surface area (TPSA) is 42.2 Å². The van der Waals surface area contributed by atoms with Gasteiger partial charge in [0.1, 0.15) is 5.82 Å². The van der Waals surface area contributed by atoms with Crippen molar-refractivity contribution in [3.8, 4) is 17.6 Å². The van der Waals surface area contributed by atoms with E-state index in [9.17, 15) is 9.65 Å². The van der Waals surface area contributed by atoms with E-state index in [0.717, 1.165) is 11.1 Å². The average molecular weight is 351 g/mol. The van der Waals surface area contributed by atoms with E-state index in [-0.39, 0.29) is 11.1 Å². The summed E-state index contributed by atoms with van der Waals surface area (Å²) in [6.07, 6.45) is 4.03. The van der Waals surface area contributed by atoms with Gasteiger partial charge in [-0.05, 0) is 50.1 Å². The summed E-state index contributed by atoms with van der Waals surface area (Å²) in [5.74, 6) is 0.851. The Hall–Kier alpha value is -3.06. The van der Waals surface area contributed by atoms with Crippen molar-refractivity contribution in [3.05, 3.63) is 71.6 Å². The van der Waals surface area contributed by atoms with Crippen molar-refractivity contribution in [1.82, 2.24) is 0 Å². The smallest absolute Gasteiger partial charge is 0.164 e. The highest BCUT2D eigenvalue weighted by molar-refractivity contribution is 5.90. The van der Waals surface area contributed by atoms with Crippen molar-refractivity contribution in [1.29, 1.82) is 5.26 Å². The normalized spacial score (nSPS) is 10.9. The van der Waals surface area contributed by atoms with E-state index in [1.165, 1.54) is 6.07 Å². The molecular weight excluding hydrogens is 329 g/mol. The van der Waals surface area contributed by atoms with Crippen LogP contribution in [0.5, 0.6) is 11.5 Å². The monoisotopic (exact) mass is 351 g/mol. The Morgan fingerprint density at radius 2 is 1.92 bits per heavy atom. The minimum atomic E-state index is -0.428. The summed E-state index contributed by atoms with van der Waals surface area (Å²) in [5.41, 5.74) is 2.17. The van der Waals surface area contributed by atoms with Crippen molar-refractivity contribution < 1.29 is 13.9 Å². The predicted molar refractivity (Wildman–Crippen MR) is 103 cm³/mol. The van der Waals surface area contributed by atoms with E-state index in [1.54, 1.807) is 36.4 Å². The summed E-state index contributed by atoms with van der Waals surface area (Å²) >= 11 is 0. The molecule has 0 saturated carbocycles. The summed E-state index contributed by atoms with van der Waals surface area (Å²) in [4.78, 5) is 0. The van der Waals surface area contributed by atoms with E-state index in [0.29, 0.717) is 31.1 Å². The number of halogens is 1. The van der Waals surface area contributed by atoms with Crippen LogP contribution in [0.2, 0.25) is 0 Å². The Labute approximate surface area is 154 Å². The number of ether oxygens (including phenoxy) is 2. The number of nitriles is 1. The molecule has 0 N–H and O–H groups in total. The Morgan fingerprint density at radius 1 is 1.19 bits per heavy atom. The minimum Gasteiger partial charge on any atom is -0.490 e. The van der Waals surface area contributed by atoms with Crippen molar-refractivity contribution in [2.45, 2.75) is 20.3 Å². The quantitative estimate of drug-likeness (QED) is 0.362. The molecule has 0 radical (unpaired) electrons. The molecule has 0 aromatic heterocycles. The first-order valence-electron chi connectivity index (χ1n) is 8.54. The molecule has 2 aromatic carbocycles. The maximum atomic E-state index is 14.0. The molecule has 0 unspecified atom stereocenters. The molecule has 26 heavy (non-hydrogen) atoms. The Morgan fingerprint density at radius 3 is 2.54 bits per heavy atom. The zero-order valence-electron chi connectivity index (χ0n) is 15.1. The van der Waals surface area contributed by atoms with Gasteiger partial charge in [-0.25, -0.2) is 4.39 Å². The molecule has 0 aliphatic heterocycles. The fourth-order valence-electron chi connectivity index (χ4n) is 2.66.